The quantitative estimate of drug-likeness (QED) is 0.483. The third-order valence-electron chi connectivity index (χ3n) is 3.78. The summed E-state index contributed by atoms with van der Waals surface area (Å²) in [6.45, 7) is 8.55. The summed E-state index contributed by atoms with van der Waals surface area (Å²) < 4.78 is 0. The summed E-state index contributed by atoms with van der Waals surface area (Å²) in [5.41, 5.74) is 5.45. The van der Waals surface area contributed by atoms with Gasteiger partial charge in [0.15, 0.2) is 0 Å². The van der Waals surface area contributed by atoms with Gasteiger partial charge < -0.3 is 0 Å². The molecule has 0 aliphatic rings. The number of aryl methyl sites for hydroxylation is 4. The third kappa shape index (κ3) is 3.27. The molecule has 0 saturated carbocycles. The molecule has 0 radical (unpaired) electrons. The van der Waals surface area contributed by atoms with Crippen LogP contribution in [0, 0.1) is 27.7 Å². The van der Waals surface area contributed by atoms with Crippen LogP contribution in [0.2, 0.25) is 0 Å². The van der Waals surface area contributed by atoms with Gasteiger partial charge in [0.1, 0.15) is 0 Å². The van der Waals surface area contributed by atoms with Gasteiger partial charge >= 0.3 is 0 Å². The molecule has 0 heterocycles. The third-order valence-corrected chi connectivity index (χ3v) is 3.78. The molecule has 0 fully saturated rings. The van der Waals surface area contributed by atoms with E-state index in [0.717, 1.165) is 0 Å². The zero-order chi connectivity index (χ0) is 14.5. The highest BCUT2D eigenvalue weighted by Gasteiger charge is 1.96. The predicted octanol–water partition coefficient (Wildman–Crippen LogP) is 5.76. The highest BCUT2D eigenvalue weighted by atomic mass is 14.0. The van der Waals surface area contributed by atoms with E-state index < -0.39 is 0 Å². The molecule has 0 bridgehead atoms. The Hall–Kier alpha value is -2.08. The first-order valence-electron chi connectivity index (χ1n) is 7.07. The summed E-state index contributed by atoms with van der Waals surface area (Å²) in [6, 6.07) is 21.3. The molecular weight excluding hydrogens is 240 g/mol. The van der Waals surface area contributed by atoms with Crippen molar-refractivity contribution in [1.29, 1.82) is 0 Å². The fraction of sp³-hybridized carbons (Fsp3) is 0.200. The molecule has 0 amide bonds. The second kappa shape index (κ2) is 6.38. The van der Waals surface area contributed by atoms with Gasteiger partial charge in [-0.1, -0.05) is 60.7 Å². The molecule has 0 aliphatic carbocycles. The molecular formula is C20H22. The summed E-state index contributed by atoms with van der Waals surface area (Å²) in [5, 5.41) is 2.75. The molecule has 0 spiro atoms. The Kier molecular flexibility index (Phi) is 4.57. The van der Waals surface area contributed by atoms with Gasteiger partial charge in [0, 0.05) is 0 Å². The first-order valence-corrected chi connectivity index (χ1v) is 7.07. The van der Waals surface area contributed by atoms with Crippen LogP contribution in [0.5, 0.6) is 0 Å². The Bertz CT molecular complexity index is 646. The van der Waals surface area contributed by atoms with Crippen molar-refractivity contribution in [3.8, 4) is 0 Å². The minimum Gasteiger partial charge on any atom is -0.0620 e. The number of hydrogen-bond donors (Lipinski definition) is 0. The standard InChI is InChI=1S/C12H12.C8H10/c1-9-5-3-8-12-10(2)6-4-7-11(9)12;1-7-5-3-4-6-8(7)2/h3-8H,1-2H3;3-6H,1-2H3. The first-order chi connectivity index (χ1) is 9.59. The largest absolute Gasteiger partial charge is 0.0620 e. The van der Waals surface area contributed by atoms with Gasteiger partial charge in [-0.3, -0.25) is 0 Å². The molecule has 0 aromatic heterocycles. The average Bonchev–Trinajstić information content (AvgIpc) is 2.44. The van der Waals surface area contributed by atoms with Crippen molar-refractivity contribution in [3.05, 3.63) is 82.9 Å². The fourth-order valence-corrected chi connectivity index (χ4v) is 2.29. The van der Waals surface area contributed by atoms with Crippen molar-refractivity contribution in [2.75, 3.05) is 0 Å². The van der Waals surface area contributed by atoms with E-state index in [-0.39, 0.29) is 0 Å². The Morgan fingerprint density at radius 2 is 0.750 bits per heavy atom. The maximum absolute atomic E-state index is 2.18. The normalized spacial score (nSPS) is 10.0. The van der Waals surface area contributed by atoms with Crippen molar-refractivity contribution in [2.24, 2.45) is 0 Å². The second-order valence-electron chi connectivity index (χ2n) is 5.33. The lowest BCUT2D eigenvalue weighted by Crippen LogP contribution is -1.80. The van der Waals surface area contributed by atoms with Crippen LogP contribution >= 0.6 is 0 Å². The number of hydrogen-bond acceptors (Lipinski definition) is 0. The molecule has 0 N–H and O–H groups in total. The summed E-state index contributed by atoms with van der Waals surface area (Å²) in [7, 11) is 0. The molecule has 0 unspecified atom stereocenters. The summed E-state index contributed by atoms with van der Waals surface area (Å²) in [5.74, 6) is 0. The fourth-order valence-electron chi connectivity index (χ4n) is 2.29. The maximum Gasteiger partial charge on any atom is -0.0152 e. The number of fused-ring (bicyclic) bond motifs is 1. The first kappa shape index (κ1) is 14.3. The molecule has 0 atom stereocenters. The van der Waals surface area contributed by atoms with E-state index in [1.54, 1.807) is 0 Å². The molecule has 20 heavy (non-hydrogen) atoms. The lowest BCUT2D eigenvalue weighted by molar-refractivity contribution is 1.34. The summed E-state index contributed by atoms with van der Waals surface area (Å²) in [4.78, 5) is 0. The van der Waals surface area contributed by atoms with Gasteiger partial charge in [0.2, 0.25) is 0 Å². The average molecular weight is 262 g/mol. The van der Waals surface area contributed by atoms with E-state index in [1.165, 1.54) is 33.0 Å². The SMILES string of the molecule is Cc1cccc2c(C)cccc12.Cc1ccccc1C. The van der Waals surface area contributed by atoms with Crippen LogP contribution < -0.4 is 0 Å². The van der Waals surface area contributed by atoms with Crippen molar-refractivity contribution in [2.45, 2.75) is 27.7 Å². The van der Waals surface area contributed by atoms with E-state index in [2.05, 4.69) is 88.4 Å². The van der Waals surface area contributed by atoms with E-state index >= 15 is 0 Å². The van der Waals surface area contributed by atoms with Crippen molar-refractivity contribution in [3.63, 3.8) is 0 Å². The van der Waals surface area contributed by atoms with Crippen LogP contribution in [-0.4, -0.2) is 0 Å². The Morgan fingerprint density at radius 3 is 1.10 bits per heavy atom. The van der Waals surface area contributed by atoms with Crippen LogP contribution in [0.4, 0.5) is 0 Å². The van der Waals surface area contributed by atoms with Gasteiger partial charge in [0.25, 0.3) is 0 Å². The number of rotatable bonds is 0. The lowest BCUT2D eigenvalue weighted by Gasteiger charge is -2.03. The molecule has 3 aromatic rings. The van der Waals surface area contributed by atoms with Crippen LogP contribution in [0.25, 0.3) is 10.8 Å². The topological polar surface area (TPSA) is 0 Å². The minimum atomic E-state index is 1.36. The highest BCUT2D eigenvalue weighted by molar-refractivity contribution is 5.88. The summed E-state index contributed by atoms with van der Waals surface area (Å²) in [6.07, 6.45) is 0. The van der Waals surface area contributed by atoms with Crippen molar-refractivity contribution in [1.82, 2.24) is 0 Å². The zero-order valence-corrected chi connectivity index (χ0v) is 12.8. The molecule has 3 aromatic carbocycles. The Labute approximate surface area is 122 Å². The van der Waals surface area contributed by atoms with E-state index in [0.29, 0.717) is 0 Å². The van der Waals surface area contributed by atoms with Crippen molar-refractivity contribution >= 4 is 10.8 Å². The van der Waals surface area contributed by atoms with Crippen molar-refractivity contribution < 1.29 is 0 Å². The van der Waals surface area contributed by atoms with Gasteiger partial charge in [-0.05, 0) is 60.7 Å². The molecule has 0 heteroatoms. The van der Waals surface area contributed by atoms with Gasteiger partial charge in [-0.15, -0.1) is 0 Å². The van der Waals surface area contributed by atoms with E-state index in [9.17, 15) is 0 Å². The highest BCUT2D eigenvalue weighted by Crippen LogP contribution is 2.20. The molecule has 0 nitrogen and oxygen atoms in total. The Balaban J connectivity index is 0.000000160. The van der Waals surface area contributed by atoms with Gasteiger partial charge in [-0.25, -0.2) is 0 Å². The smallest absolute Gasteiger partial charge is 0.0152 e. The van der Waals surface area contributed by atoms with E-state index in [4.69, 9.17) is 0 Å². The van der Waals surface area contributed by atoms with Gasteiger partial charge in [0.05, 0.1) is 0 Å². The van der Waals surface area contributed by atoms with Gasteiger partial charge in [-0.2, -0.15) is 0 Å². The molecule has 0 aliphatic heterocycles. The minimum absolute atomic E-state index is 1.36. The zero-order valence-electron chi connectivity index (χ0n) is 12.8. The predicted molar refractivity (Wildman–Crippen MR) is 89.3 cm³/mol. The number of benzene rings is 3. The van der Waals surface area contributed by atoms with Crippen LogP contribution in [0.1, 0.15) is 22.3 Å². The molecule has 102 valence electrons. The monoisotopic (exact) mass is 262 g/mol. The molecule has 3 rings (SSSR count). The molecule has 0 saturated heterocycles. The Morgan fingerprint density at radius 1 is 0.400 bits per heavy atom. The van der Waals surface area contributed by atoms with Crippen LogP contribution in [0.3, 0.4) is 0 Å². The van der Waals surface area contributed by atoms with Crippen LogP contribution in [0.15, 0.2) is 60.7 Å². The second-order valence-corrected chi connectivity index (χ2v) is 5.33. The van der Waals surface area contributed by atoms with Crippen LogP contribution in [-0.2, 0) is 0 Å². The lowest BCUT2D eigenvalue weighted by atomic mass is 10.0. The maximum atomic E-state index is 2.18. The summed E-state index contributed by atoms with van der Waals surface area (Å²) >= 11 is 0. The van der Waals surface area contributed by atoms with E-state index in [1.807, 2.05) is 0 Å².